The maximum Gasteiger partial charge on any atom is 0.190 e. The third-order valence-corrected chi connectivity index (χ3v) is 3.07. The molecule has 92 valence electrons. The molecule has 3 aromatic rings. The Bertz CT molecular complexity index is 813. The van der Waals surface area contributed by atoms with E-state index in [1.165, 1.54) is 6.39 Å². The van der Waals surface area contributed by atoms with E-state index in [-0.39, 0.29) is 5.75 Å². The highest BCUT2D eigenvalue weighted by atomic mass is 16.3. The maximum atomic E-state index is 9.80. The lowest BCUT2D eigenvalue weighted by Gasteiger charge is -2.05. The average molecular weight is 250 g/mol. The molecular formula is C15H10N2O2. The zero-order valence-electron chi connectivity index (χ0n) is 10.2. The molecule has 0 atom stereocenters. The fraction of sp³-hybridized carbons (Fsp3) is 0.0667. The van der Waals surface area contributed by atoms with Crippen molar-refractivity contribution in [3.63, 3.8) is 0 Å². The Morgan fingerprint density at radius 3 is 2.84 bits per heavy atom. The summed E-state index contributed by atoms with van der Waals surface area (Å²) in [5.41, 5.74) is 4.13. The van der Waals surface area contributed by atoms with Gasteiger partial charge in [0.2, 0.25) is 0 Å². The summed E-state index contributed by atoms with van der Waals surface area (Å²) in [6, 6.07) is 8.81. The van der Waals surface area contributed by atoms with Crippen molar-refractivity contribution in [2.45, 2.75) is 6.92 Å². The highest BCUT2D eigenvalue weighted by Gasteiger charge is 2.11. The summed E-state index contributed by atoms with van der Waals surface area (Å²) >= 11 is 0. The minimum Gasteiger partial charge on any atom is -0.508 e. The largest absolute Gasteiger partial charge is 0.508 e. The van der Waals surface area contributed by atoms with Crippen LogP contribution in [0.4, 0.5) is 5.69 Å². The second-order valence-electron chi connectivity index (χ2n) is 4.31. The number of hydrogen-bond donors (Lipinski definition) is 1. The van der Waals surface area contributed by atoms with E-state index in [9.17, 15) is 5.11 Å². The highest BCUT2D eigenvalue weighted by molar-refractivity contribution is 5.93. The predicted octanol–water partition coefficient (Wildman–Crippen LogP) is 4.06. The van der Waals surface area contributed by atoms with Crippen molar-refractivity contribution in [3.8, 4) is 16.9 Å². The molecule has 0 unspecified atom stereocenters. The normalized spacial score (nSPS) is 10.5. The van der Waals surface area contributed by atoms with E-state index in [4.69, 9.17) is 11.0 Å². The van der Waals surface area contributed by atoms with Gasteiger partial charge >= 0.3 is 0 Å². The van der Waals surface area contributed by atoms with Gasteiger partial charge in [-0.25, -0.2) is 9.83 Å². The lowest BCUT2D eigenvalue weighted by molar-refractivity contribution is 0.471. The van der Waals surface area contributed by atoms with Gasteiger partial charge in [-0.05, 0) is 36.2 Å². The van der Waals surface area contributed by atoms with E-state index in [1.54, 1.807) is 18.2 Å². The smallest absolute Gasteiger partial charge is 0.190 e. The van der Waals surface area contributed by atoms with Crippen molar-refractivity contribution in [3.05, 3.63) is 53.7 Å². The third kappa shape index (κ3) is 1.81. The molecule has 1 aromatic heterocycles. The zero-order valence-corrected chi connectivity index (χ0v) is 10.2. The van der Waals surface area contributed by atoms with Crippen molar-refractivity contribution in [1.82, 2.24) is 4.98 Å². The molecule has 0 aliphatic rings. The van der Waals surface area contributed by atoms with Gasteiger partial charge in [-0.3, -0.25) is 0 Å². The Morgan fingerprint density at radius 1 is 1.26 bits per heavy atom. The number of nitrogens with zero attached hydrogens (tertiary/aromatic N) is 2. The molecular weight excluding hydrogens is 240 g/mol. The van der Waals surface area contributed by atoms with Crippen LogP contribution in [0.2, 0.25) is 0 Å². The SMILES string of the molecule is [C-]#[N+]c1cc(-c2ccc(C)c(O)c2)c2ocnc2c1. The molecule has 0 radical (unpaired) electrons. The van der Waals surface area contributed by atoms with E-state index in [2.05, 4.69) is 9.83 Å². The fourth-order valence-electron chi connectivity index (χ4n) is 2.01. The van der Waals surface area contributed by atoms with Gasteiger partial charge in [0.05, 0.1) is 12.1 Å². The molecule has 0 aliphatic carbocycles. The monoisotopic (exact) mass is 250 g/mol. The Hall–Kier alpha value is -2.80. The number of rotatable bonds is 1. The Kier molecular flexibility index (Phi) is 2.46. The van der Waals surface area contributed by atoms with Gasteiger partial charge in [-0.1, -0.05) is 12.1 Å². The molecule has 0 fully saturated rings. The summed E-state index contributed by atoms with van der Waals surface area (Å²) < 4.78 is 5.38. The number of oxazole rings is 1. The maximum absolute atomic E-state index is 9.80. The van der Waals surface area contributed by atoms with Crippen molar-refractivity contribution < 1.29 is 9.52 Å². The van der Waals surface area contributed by atoms with Crippen LogP contribution >= 0.6 is 0 Å². The van der Waals surface area contributed by atoms with Crippen LogP contribution in [0.5, 0.6) is 5.75 Å². The molecule has 0 aliphatic heterocycles. The molecule has 2 aromatic carbocycles. The molecule has 0 spiro atoms. The molecule has 19 heavy (non-hydrogen) atoms. The summed E-state index contributed by atoms with van der Waals surface area (Å²) in [6.07, 6.45) is 1.36. The number of phenols is 1. The first-order valence-corrected chi connectivity index (χ1v) is 5.74. The summed E-state index contributed by atoms with van der Waals surface area (Å²) in [5, 5.41) is 9.80. The fourth-order valence-corrected chi connectivity index (χ4v) is 2.01. The summed E-state index contributed by atoms with van der Waals surface area (Å²) in [6.45, 7) is 8.96. The number of hydrogen-bond acceptors (Lipinski definition) is 3. The lowest BCUT2D eigenvalue weighted by Crippen LogP contribution is -1.82. The lowest BCUT2D eigenvalue weighted by atomic mass is 10.0. The number of aromatic hydroxyl groups is 1. The predicted molar refractivity (Wildman–Crippen MR) is 72.1 cm³/mol. The topological polar surface area (TPSA) is 50.6 Å². The summed E-state index contributed by atoms with van der Waals surface area (Å²) in [5.74, 6) is 0.221. The van der Waals surface area contributed by atoms with Crippen molar-refractivity contribution >= 4 is 16.8 Å². The van der Waals surface area contributed by atoms with E-state index < -0.39 is 0 Å². The minimum atomic E-state index is 0.221. The van der Waals surface area contributed by atoms with E-state index in [0.717, 1.165) is 16.7 Å². The number of benzene rings is 2. The highest BCUT2D eigenvalue weighted by Crippen LogP contribution is 2.34. The van der Waals surface area contributed by atoms with Crippen molar-refractivity contribution in [2.75, 3.05) is 0 Å². The van der Waals surface area contributed by atoms with Gasteiger partial charge in [-0.15, -0.1) is 0 Å². The van der Waals surface area contributed by atoms with Crippen LogP contribution in [0.3, 0.4) is 0 Å². The van der Waals surface area contributed by atoms with Gasteiger partial charge in [0.25, 0.3) is 0 Å². The Balaban J connectivity index is 2.31. The molecule has 4 nitrogen and oxygen atoms in total. The van der Waals surface area contributed by atoms with Crippen LogP contribution in [-0.2, 0) is 0 Å². The average Bonchev–Trinajstić information content (AvgIpc) is 2.89. The molecule has 0 saturated heterocycles. The third-order valence-electron chi connectivity index (χ3n) is 3.07. The molecule has 1 heterocycles. The van der Waals surface area contributed by atoms with Crippen LogP contribution in [0.15, 0.2) is 41.1 Å². The van der Waals surface area contributed by atoms with Crippen molar-refractivity contribution in [2.24, 2.45) is 0 Å². The van der Waals surface area contributed by atoms with Crippen molar-refractivity contribution in [1.29, 1.82) is 0 Å². The standard InChI is InChI=1S/C15H10N2O2/c1-9-3-4-10(5-14(9)18)12-6-11(16-2)7-13-15(12)19-8-17-13/h3-8,18H,1H3. The van der Waals surface area contributed by atoms with Crippen LogP contribution in [0.1, 0.15) is 5.56 Å². The number of fused-ring (bicyclic) bond motifs is 1. The van der Waals surface area contributed by atoms with Crippen LogP contribution in [-0.4, -0.2) is 10.1 Å². The number of aromatic nitrogens is 1. The van der Waals surface area contributed by atoms with Gasteiger partial charge in [0, 0.05) is 5.56 Å². The summed E-state index contributed by atoms with van der Waals surface area (Å²) in [4.78, 5) is 7.51. The van der Waals surface area contributed by atoms with Gasteiger partial charge in [0.1, 0.15) is 5.75 Å². The second-order valence-corrected chi connectivity index (χ2v) is 4.31. The molecule has 4 heteroatoms. The second kappa shape index (κ2) is 4.14. The van der Waals surface area contributed by atoms with Gasteiger partial charge in [0.15, 0.2) is 17.7 Å². The van der Waals surface area contributed by atoms with E-state index in [1.807, 2.05) is 19.1 Å². The first-order chi connectivity index (χ1) is 9.19. The summed E-state index contributed by atoms with van der Waals surface area (Å²) in [7, 11) is 0. The van der Waals surface area contributed by atoms with E-state index in [0.29, 0.717) is 16.8 Å². The first-order valence-electron chi connectivity index (χ1n) is 5.74. The Morgan fingerprint density at radius 2 is 2.11 bits per heavy atom. The molecule has 0 bridgehead atoms. The molecule has 3 rings (SSSR count). The number of phenolic OH excluding ortho intramolecular Hbond substituents is 1. The molecule has 0 amide bonds. The Labute approximate surface area is 109 Å². The van der Waals surface area contributed by atoms with Gasteiger partial charge in [-0.2, -0.15) is 0 Å². The molecule has 1 N–H and O–H groups in total. The quantitative estimate of drug-likeness (QED) is 0.662. The van der Waals surface area contributed by atoms with Crippen LogP contribution < -0.4 is 0 Å². The van der Waals surface area contributed by atoms with Crippen LogP contribution in [0, 0.1) is 13.5 Å². The zero-order chi connectivity index (χ0) is 13.4. The van der Waals surface area contributed by atoms with E-state index >= 15 is 0 Å². The van der Waals surface area contributed by atoms with Crippen LogP contribution in [0.25, 0.3) is 27.1 Å². The van der Waals surface area contributed by atoms with Gasteiger partial charge < -0.3 is 9.52 Å². The first kappa shape index (κ1) is 11.3. The molecule has 0 saturated carbocycles. The number of aryl methyl sites for hydroxylation is 1. The minimum absolute atomic E-state index is 0.221.